The summed E-state index contributed by atoms with van der Waals surface area (Å²) in [5.74, 6) is 0. The summed E-state index contributed by atoms with van der Waals surface area (Å²) in [7, 11) is 0. The van der Waals surface area contributed by atoms with Crippen LogP contribution in [0.5, 0.6) is 0 Å². The molecule has 0 saturated carbocycles. The van der Waals surface area contributed by atoms with E-state index in [0.717, 1.165) is 11.3 Å². The molecule has 0 aliphatic heterocycles. The minimum Gasteiger partial charge on any atom is -0.245 e. The van der Waals surface area contributed by atoms with Crippen molar-refractivity contribution in [2.75, 3.05) is 0 Å². The van der Waals surface area contributed by atoms with Crippen LogP contribution in [-0.2, 0) is 0 Å². The highest BCUT2D eigenvalue weighted by Crippen LogP contribution is 2.31. The second kappa shape index (κ2) is 3.95. The lowest BCUT2D eigenvalue weighted by molar-refractivity contribution is 1.17. The van der Waals surface area contributed by atoms with Crippen LogP contribution in [0.25, 0.3) is 11.3 Å². The first-order chi connectivity index (χ1) is 6.79. The van der Waals surface area contributed by atoms with Crippen molar-refractivity contribution in [3.8, 4) is 11.3 Å². The second-order valence-electron chi connectivity index (χ2n) is 2.70. The number of rotatable bonds is 1. The third kappa shape index (κ3) is 1.72. The third-order valence-electron chi connectivity index (χ3n) is 1.81. The van der Waals surface area contributed by atoms with E-state index in [2.05, 4.69) is 9.97 Å². The molecule has 0 spiro atoms. The van der Waals surface area contributed by atoms with E-state index in [-0.39, 0.29) is 0 Å². The van der Waals surface area contributed by atoms with Gasteiger partial charge in [-0.25, -0.2) is 9.97 Å². The molecule has 4 heteroatoms. The van der Waals surface area contributed by atoms with E-state index in [1.807, 2.05) is 12.1 Å². The number of benzene rings is 1. The molecule has 2 aromatic rings. The van der Waals surface area contributed by atoms with Gasteiger partial charge in [-0.15, -0.1) is 0 Å². The molecule has 0 bridgehead atoms. The van der Waals surface area contributed by atoms with Crippen molar-refractivity contribution in [3.63, 3.8) is 0 Å². The minimum absolute atomic E-state index is 0.521. The molecule has 0 aliphatic rings. The molecule has 0 N–H and O–H groups in total. The van der Waals surface area contributed by atoms with Crippen LogP contribution in [0.15, 0.2) is 36.8 Å². The van der Waals surface area contributed by atoms with E-state index in [0.29, 0.717) is 10.0 Å². The molecule has 0 fully saturated rings. The summed E-state index contributed by atoms with van der Waals surface area (Å²) in [5, 5.41) is 1.05. The first kappa shape index (κ1) is 9.44. The summed E-state index contributed by atoms with van der Waals surface area (Å²) < 4.78 is 0. The zero-order chi connectivity index (χ0) is 9.97. The zero-order valence-electron chi connectivity index (χ0n) is 7.11. The van der Waals surface area contributed by atoms with Gasteiger partial charge in [-0.3, -0.25) is 0 Å². The van der Waals surface area contributed by atoms with Crippen molar-refractivity contribution >= 4 is 23.2 Å². The quantitative estimate of drug-likeness (QED) is 0.742. The lowest BCUT2D eigenvalue weighted by Crippen LogP contribution is -1.85. The smallest absolute Gasteiger partial charge is 0.116 e. The van der Waals surface area contributed by atoms with E-state index in [9.17, 15) is 0 Å². The molecule has 14 heavy (non-hydrogen) atoms. The Kier molecular flexibility index (Phi) is 2.66. The fraction of sp³-hybridized carbons (Fsp3) is 0. The normalized spacial score (nSPS) is 10.1. The van der Waals surface area contributed by atoms with Gasteiger partial charge in [-0.1, -0.05) is 35.3 Å². The number of halogens is 2. The summed E-state index contributed by atoms with van der Waals surface area (Å²) >= 11 is 11.9. The Hall–Kier alpha value is -1.12. The standard InChI is InChI=1S/C10H6Cl2N2/c11-8-3-1-2-7(10(8)12)9-4-5-13-6-14-9/h1-6H. The van der Waals surface area contributed by atoms with Crippen molar-refractivity contribution < 1.29 is 0 Å². The topological polar surface area (TPSA) is 25.8 Å². The van der Waals surface area contributed by atoms with Crippen molar-refractivity contribution in [3.05, 3.63) is 46.8 Å². The molecular formula is C10H6Cl2N2. The van der Waals surface area contributed by atoms with Crippen LogP contribution in [-0.4, -0.2) is 9.97 Å². The Balaban J connectivity index is 2.58. The summed E-state index contributed by atoms with van der Waals surface area (Å²) in [4.78, 5) is 7.93. The van der Waals surface area contributed by atoms with Gasteiger partial charge in [0, 0.05) is 11.8 Å². The zero-order valence-corrected chi connectivity index (χ0v) is 8.63. The second-order valence-corrected chi connectivity index (χ2v) is 3.48. The fourth-order valence-electron chi connectivity index (χ4n) is 1.15. The fourth-order valence-corrected chi connectivity index (χ4v) is 1.55. The molecule has 0 saturated heterocycles. The van der Waals surface area contributed by atoms with Crippen LogP contribution in [0.3, 0.4) is 0 Å². The van der Waals surface area contributed by atoms with Gasteiger partial charge in [0.1, 0.15) is 6.33 Å². The Bertz CT molecular complexity index is 443. The Morgan fingerprint density at radius 2 is 1.93 bits per heavy atom. The molecule has 0 amide bonds. The minimum atomic E-state index is 0.521. The summed E-state index contributed by atoms with van der Waals surface area (Å²) in [6.45, 7) is 0. The van der Waals surface area contributed by atoms with Gasteiger partial charge < -0.3 is 0 Å². The number of hydrogen-bond acceptors (Lipinski definition) is 2. The lowest BCUT2D eigenvalue weighted by atomic mass is 10.1. The SMILES string of the molecule is Clc1cccc(-c2ccncn2)c1Cl. The maximum Gasteiger partial charge on any atom is 0.116 e. The van der Waals surface area contributed by atoms with Gasteiger partial charge in [0.2, 0.25) is 0 Å². The number of nitrogens with zero attached hydrogens (tertiary/aromatic N) is 2. The maximum atomic E-state index is 6.04. The summed E-state index contributed by atoms with van der Waals surface area (Å²) in [5.41, 5.74) is 1.59. The Labute approximate surface area is 91.5 Å². The molecule has 2 rings (SSSR count). The van der Waals surface area contributed by atoms with E-state index in [1.54, 1.807) is 18.3 Å². The molecule has 0 aliphatic carbocycles. The molecule has 0 unspecified atom stereocenters. The Morgan fingerprint density at radius 3 is 2.64 bits per heavy atom. The van der Waals surface area contributed by atoms with Gasteiger partial charge in [0.25, 0.3) is 0 Å². The van der Waals surface area contributed by atoms with E-state index < -0.39 is 0 Å². The Morgan fingerprint density at radius 1 is 1.07 bits per heavy atom. The van der Waals surface area contributed by atoms with Crippen molar-refractivity contribution in [1.82, 2.24) is 9.97 Å². The average Bonchev–Trinajstić information content (AvgIpc) is 2.23. The van der Waals surface area contributed by atoms with Crippen molar-refractivity contribution in [2.45, 2.75) is 0 Å². The van der Waals surface area contributed by atoms with Gasteiger partial charge in [-0.2, -0.15) is 0 Å². The molecule has 70 valence electrons. The summed E-state index contributed by atoms with van der Waals surface area (Å²) in [6, 6.07) is 7.24. The van der Waals surface area contributed by atoms with Crippen LogP contribution >= 0.6 is 23.2 Å². The highest BCUT2D eigenvalue weighted by Gasteiger charge is 2.06. The molecule has 1 heterocycles. The van der Waals surface area contributed by atoms with E-state index >= 15 is 0 Å². The molecule has 1 aromatic heterocycles. The van der Waals surface area contributed by atoms with Gasteiger partial charge in [0.15, 0.2) is 0 Å². The summed E-state index contributed by atoms with van der Waals surface area (Å²) in [6.07, 6.45) is 3.14. The van der Waals surface area contributed by atoms with Crippen molar-refractivity contribution in [1.29, 1.82) is 0 Å². The van der Waals surface area contributed by atoms with Crippen LogP contribution < -0.4 is 0 Å². The first-order valence-corrected chi connectivity index (χ1v) is 4.75. The molecule has 1 aromatic carbocycles. The van der Waals surface area contributed by atoms with Crippen LogP contribution in [0.1, 0.15) is 0 Å². The average molecular weight is 225 g/mol. The highest BCUT2D eigenvalue weighted by molar-refractivity contribution is 6.43. The predicted octanol–water partition coefficient (Wildman–Crippen LogP) is 3.45. The third-order valence-corrected chi connectivity index (χ3v) is 2.63. The predicted molar refractivity (Wildman–Crippen MR) is 57.5 cm³/mol. The molecule has 0 atom stereocenters. The van der Waals surface area contributed by atoms with E-state index in [1.165, 1.54) is 6.33 Å². The molecule has 2 nitrogen and oxygen atoms in total. The molecular weight excluding hydrogens is 219 g/mol. The highest BCUT2D eigenvalue weighted by atomic mass is 35.5. The lowest BCUT2D eigenvalue weighted by Gasteiger charge is -2.03. The number of hydrogen-bond donors (Lipinski definition) is 0. The monoisotopic (exact) mass is 224 g/mol. The van der Waals surface area contributed by atoms with Gasteiger partial charge in [0.05, 0.1) is 15.7 Å². The van der Waals surface area contributed by atoms with Crippen molar-refractivity contribution in [2.24, 2.45) is 0 Å². The van der Waals surface area contributed by atoms with E-state index in [4.69, 9.17) is 23.2 Å². The van der Waals surface area contributed by atoms with Gasteiger partial charge in [-0.05, 0) is 12.1 Å². The van der Waals surface area contributed by atoms with Crippen LogP contribution in [0, 0.1) is 0 Å². The van der Waals surface area contributed by atoms with Crippen LogP contribution in [0.4, 0.5) is 0 Å². The number of aromatic nitrogens is 2. The largest absolute Gasteiger partial charge is 0.245 e. The van der Waals surface area contributed by atoms with Gasteiger partial charge >= 0.3 is 0 Å². The first-order valence-electron chi connectivity index (χ1n) is 3.99. The maximum absolute atomic E-state index is 6.04. The molecule has 0 radical (unpaired) electrons. The van der Waals surface area contributed by atoms with Crippen LogP contribution in [0.2, 0.25) is 10.0 Å².